The van der Waals surface area contributed by atoms with Gasteiger partial charge in [0, 0.05) is 12.2 Å². The zero-order chi connectivity index (χ0) is 16.7. The summed E-state index contributed by atoms with van der Waals surface area (Å²) in [4.78, 5) is 12.4. The van der Waals surface area contributed by atoms with Gasteiger partial charge in [-0.1, -0.05) is 37.3 Å². The molecule has 0 saturated heterocycles. The average Bonchev–Trinajstić information content (AvgIpc) is 2.54. The fourth-order valence-corrected chi connectivity index (χ4v) is 2.24. The third-order valence-electron chi connectivity index (χ3n) is 3.51. The van der Waals surface area contributed by atoms with Crippen molar-refractivity contribution in [2.24, 2.45) is 0 Å². The molecule has 1 unspecified atom stereocenters. The first-order valence-electron chi connectivity index (χ1n) is 7.93. The Morgan fingerprint density at radius 1 is 1.17 bits per heavy atom. The Hall–Kier alpha value is -2.04. The summed E-state index contributed by atoms with van der Waals surface area (Å²) in [7, 11) is 0. The molecular formula is C19H25ClN2O2. The number of para-hydroxylation sites is 1. The second kappa shape index (κ2) is 9.96. The van der Waals surface area contributed by atoms with Crippen LogP contribution in [0.5, 0.6) is 5.75 Å². The first kappa shape index (κ1) is 20.0. The van der Waals surface area contributed by atoms with Gasteiger partial charge in [0.2, 0.25) is 0 Å². The zero-order valence-corrected chi connectivity index (χ0v) is 15.2. The van der Waals surface area contributed by atoms with E-state index in [4.69, 9.17) is 4.74 Å². The van der Waals surface area contributed by atoms with E-state index in [1.807, 2.05) is 55.5 Å². The topological polar surface area (TPSA) is 50.4 Å². The molecule has 0 saturated carbocycles. The highest BCUT2D eigenvalue weighted by molar-refractivity contribution is 5.94. The van der Waals surface area contributed by atoms with Crippen molar-refractivity contribution >= 4 is 24.0 Å². The van der Waals surface area contributed by atoms with Crippen LogP contribution in [0.2, 0.25) is 0 Å². The van der Waals surface area contributed by atoms with Crippen molar-refractivity contribution in [1.82, 2.24) is 5.32 Å². The number of carbonyl (C=O) groups excluding carboxylic acids is 1. The lowest BCUT2D eigenvalue weighted by Gasteiger charge is -2.17. The third kappa shape index (κ3) is 5.87. The molecule has 0 radical (unpaired) electrons. The molecule has 0 spiro atoms. The second-order valence-corrected chi connectivity index (χ2v) is 5.50. The van der Waals surface area contributed by atoms with Gasteiger partial charge in [-0.3, -0.25) is 4.79 Å². The molecule has 24 heavy (non-hydrogen) atoms. The van der Waals surface area contributed by atoms with Gasteiger partial charge in [-0.2, -0.15) is 0 Å². The number of hydrogen-bond donors (Lipinski definition) is 2. The fourth-order valence-electron chi connectivity index (χ4n) is 2.24. The standard InChI is InChI=1S/C19H24N2O2.ClH/c1-4-20-13-16-9-5-6-11-18(16)21-19(22)15(3)23-17-10-7-8-14(2)12-17;/h5-12,15,20H,4,13H2,1-3H3,(H,21,22);1H. The largest absolute Gasteiger partial charge is 0.481 e. The van der Waals surface area contributed by atoms with E-state index in [1.165, 1.54) is 0 Å². The zero-order valence-electron chi connectivity index (χ0n) is 14.3. The van der Waals surface area contributed by atoms with Gasteiger partial charge in [0.05, 0.1) is 0 Å². The number of hydrogen-bond acceptors (Lipinski definition) is 3. The van der Waals surface area contributed by atoms with Crippen molar-refractivity contribution in [2.75, 3.05) is 11.9 Å². The van der Waals surface area contributed by atoms with Crippen molar-refractivity contribution in [1.29, 1.82) is 0 Å². The molecule has 0 aliphatic rings. The van der Waals surface area contributed by atoms with E-state index < -0.39 is 6.10 Å². The molecule has 2 rings (SSSR count). The Labute approximate surface area is 150 Å². The minimum Gasteiger partial charge on any atom is -0.481 e. The molecule has 1 amide bonds. The van der Waals surface area contributed by atoms with E-state index >= 15 is 0 Å². The molecule has 2 N–H and O–H groups in total. The smallest absolute Gasteiger partial charge is 0.265 e. The Bertz CT molecular complexity index is 661. The maximum atomic E-state index is 12.4. The van der Waals surface area contributed by atoms with Crippen molar-refractivity contribution in [3.05, 3.63) is 59.7 Å². The number of amides is 1. The number of rotatable bonds is 7. The molecule has 2 aromatic rings. The lowest BCUT2D eigenvalue weighted by Crippen LogP contribution is -2.30. The fraction of sp³-hybridized carbons (Fsp3) is 0.316. The number of nitrogens with one attached hydrogen (secondary N) is 2. The first-order valence-corrected chi connectivity index (χ1v) is 7.93. The van der Waals surface area contributed by atoms with Gasteiger partial charge in [-0.25, -0.2) is 0 Å². The van der Waals surface area contributed by atoms with Crippen LogP contribution in [0, 0.1) is 6.92 Å². The van der Waals surface area contributed by atoms with E-state index in [9.17, 15) is 4.79 Å². The molecule has 0 bridgehead atoms. The van der Waals surface area contributed by atoms with Gasteiger partial charge in [0.15, 0.2) is 6.10 Å². The number of aryl methyl sites for hydroxylation is 1. The highest BCUT2D eigenvalue weighted by Gasteiger charge is 2.16. The van der Waals surface area contributed by atoms with Crippen LogP contribution in [0.15, 0.2) is 48.5 Å². The molecule has 130 valence electrons. The van der Waals surface area contributed by atoms with Gasteiger partial charge in [-0.15, -0.1) is 12.4 Å². The van der Waals surface area contributed by atoms with Crippen molar-refractivity contribution in [3.63, 3.8) is 0 Å². The van der Waals surface area contributed by atoms with Crippen LogP contribution >= 0.6 is 12.4 Å². The van der Waals surface area contributed by atoms with Gasteiger partial charge in [0.1, 0.15) is 5.75 Å². The first-order chi connectivity index (χ1) is 11.1. The molecule has 1 atom stereocenters. The Morgan fingerprint density at radius 2 is 1.92 bits per heavy atom. The summed E-state index contributed by atoms with van der Waals surface area (Å²) in [5.41, 5.74) is 2.98. The molecule has 2 aromatic carbocycles. The highest BCUT2D eigenvalue weighted by atomic mass is 35.5. The highest BCUT2D eigenvalue weighted by Crippen LogP contribution is 2.17. The van der Waals surface area contributed by atoms with Crippen LogP contribution in [0.3, 0.4) is 0 Å². The molecule has 0 aromatic heterocycles. The van der Waals surface area contributed by atoms with Gasteiger partial charge >= 0.3 is 0 Å². The molecule has 0 aliphatic carbocycles. The summed E-state index contributed by atoms with van der Waals surface area (Å²) in [6, 6.07) is 15.5. The molecule has 4 nitrogen and oxygen atoms in total. The maximum Gasteiger partial charge on any atom is 0.265 e. The van der Waals surface area contributed by atoms with E-state index in [1.54, 1.807) is 6.92 Å². The van der Waals surface area contributed by atoms with E-state index in [0.717, 1.165) is 29.9 Å². The number of ether oxygens (including phenoxy) is 1. The molecule has 0 heterocycles. The number of benzene rings is 2. The van der Waals surface area contributed by atoms with Gasteiger partial charge < -0.3 is 15.4 Å². The van der Waals surface area contributed by atoms with Crippen molar-refractivity contribution < 1.29 is 9.53 Å². The van der Waals surface area contributed by atoms with Crippen LogP contribution in [0.25, 0.3) is 0 Å². The van der Waals surface area contributed by atoms with Gasteiger partial charge in [-0.05, 0) is 49.7 Å². The van der Waals surface area contributed by atoms with E-state index in [-0.39, 0.29) is 18.3 Å². The Balaban J connectivity index is 0.00000288. The number of carbonyl (C=O) groups is 1. The monoisotopic (exact) mass is 348 g/mol. The van der Waals surface area contributed by atoms with Crippen molar-refractivity contribution in [3.8, 4) is 5.75 Å². The minimum atomic E-state index is -0.566. The Kier molecular flexibility index (Phi) is 8.30. The van der Waals surface area contributed by atoms with Crippen LogP contribution in [-0.2, 0) is 11.3 Å². The van der Waals surface area contributed by atoms with Crippen LogP contribution in [0.4, 0.5) is 5.69 Å². The second-order valence-electron chi connectivity index (χ2n) is 5.50. The summed E-state index contributed by atoms with van der Waals surface area (Å²) < 4.78 is 5.72. The molecule has 0 fully saturated rings. The van der Waals surface area contributed by atoms with Gasteiger partial charge in [0.25, 0.3) is 5.91 Å². The van der Waals surface area contributed by atoms with Crippen LogP contribution < -0.4 is 15.4 Å². The minimum absolute atomic E-state index is 0. The quantitative estimate of drug-likeness (QED) is 0.797. The predicted molar refractivity (Wildman–Crippen MR) is 101 cm³/mol. The summed E-state index contributed by atoms with van der Waals surface area (Å²) >= 11 is 0. The predicted octanol–water partition coefficient (Wildman–Crippen LogP) is 3.93. The Morgan fingerprint density at radius 3 is 2.62 bits per heavy atom. The average molecular weight is 349 g/mol. The lowest BCUT2D eigenvalue weighted by molar-refractivity contribution is -0.122. The van der Waals surface area contributed by atoms with Crippen molar-refractivity contribution in [2.45, 2.75) is 33.4 Å². The summed E-state index contributed by atoms with van der Waals surface area (Å²) in [6.45, 7) is 7.41. The number of halogens is 1. The molecular weight excluding hydrogens is 324 g/mol. The number of anilines is 1. The summed E-state index contributed by atoms with van der Waals surface area (Å²) in [5, 5.41) is 6.22. The van der Waals surface area contributed by atoms with Crippen LogP contribution in [-0.4, -0.2) is 18.6 Å². The molecule has 0 aliphatic heterocycles. The van der Waals surface area contributed by atoms with E-state index in [2.05, 4.69) is 17.6 Å². The van der Waals surface area contributed by atoms with Crippen LogP contribution in [0.1, 0.15) is 25.0 Å². The summed E-state index contributed by atoms with van der Waals surface area (Å²) in [5.74, 6) is 0.545. The lowest BCUT2D eigenvalue weighted by atomic mass is 10.1. The normalized spacial score (nSPS) is 11.3. The van der Waals surface area contributed by atoms with E-state index in [0.29, 0.717) is 5.75 Å². The third-order valence-corrected chi connectivity index (χ3v) is 3.51. The SMILES string of the molecule is CCNCc1ccccc1NC(=O)C(C)Oc1cccc(C)c1.Cl. The summed E-state index contributed by atoms with van der Waals surface area (Å²) in [6.07, 6.45) is -0.566. The maximum absolute atomic E-state index is 12.4. The molecule has 5 heteroatoms.